The molecule has 7 nitrogen and oxygen atoms in total. The summed E-state index contributed by atoms with van der Waals surface area (Å²) in [5, 5.41) is 0. The summed E-state index contributed by atoms with van der Waals surface area (Å²) < 4.78 is 11.1. The van der Waals surface area contributed by atoms with Crippen molar-refractivity contribution >= 4 is 11.8 Å². The maximum Gasteiger partial charge on any atom is 0.260 e. The Balaban J connectivity index is 1.26. The van der Waals surface area contributed by atoms with Gasteiger partial charge in [-0.25, -0.2) is 0 Å². The first-order valence-corrected chi connectivity index (χ1v) is 9.86. The predicted molar refractivity (Wildman–Crippen MR) is 108 cm³/mol. The van der Waals surface area contributed by atoms with Crippen molar-refractivity contribution in [3.8, 4) is 11.5 Å². The average molecular weight is 395 g/mol. The Morgan fingerprint density at radius 1 is 1.07 bits per heavy atom. The average Bonchev–Trinajstić information content (AvgIpc) is 3.20. The third-order valence-electron chi connectivity index (χ3n) is 5.39. The molecule has 2 heterocycles. The van der Waals surface area contributed by atoms with Gasteiger partial charge < -0.3 is 20.1 Å². The number of hydrogen-bond acceptors (Lipinski definition) is 5. The lowest BCUT2D eigenvalue weighted by Crippen LogP contribution is -2.49. The van der Waals surface area contributed by atoms with E-state index in [9.17, 15) is 9.59 Å². The van der Waals surface area contributed by atoms with Gasteiger partial charge >= 0.3 is 0 Å². The van der Waals surface area contributed by atoms with E-state index < -0.39 is 5.91 Å². The normalized spacial score (nSPS) is 16.2. The number of ether oxygens (including phenoxy) is 2. The van der Waals surface area contributed by atoms with Gasteiger partial charge in [-0.3, -0.25) is 14.5 Å². The number of carbonyl (C=O) groups is 2. The number of amides is 2. The number of nitrogens with two attached hydrogens (primary N) is 1. The van der Waals surface area contributed by atoms with Crippen molar-refractivity contribution in [1.29, 1.82) is 0 Å². The van der Waals surface area contributed by atoms with Gasteiger partial charge in [-0.1, -0.05) is 24.3 Å². The van der Waals surface area contributed by atoms with Gasteiger partial charge in [0.2, 0.25) is 0 Å². The molecule has 0 unspecified atom stereocenters. The summed E-state index contributed by atoms with van der Waals surface area (Å²) in [5.74, 6) is 0.688. The third kappa shape index (κ3) is 4.51. The Labute approximate surface area is 170 Å². The highest BCUT2D eigenvalue weighted by molar-refractivity contribution is 5.95. The molecule has 0 radical (unpaired) electrons. The van der Waals surface area contributed by atoms with Crippen molar-refractivity contribution < 1.29 is 19.1 Å². The van der Waals surface area contributed by atoms with Crippen molar-refractivity contribution in [2.24, 2.45) is 5.73 Å². The number of primary amides is 1. The van der Waals surface area contributed by atoms with Crippen LogP contribution in [0.15, 0.2) is 42.5 Å². The molecule has 29 heavy (non-hydrogen) atoms. The van der Waals surface area contributed by atoms with E-state index in [2.05, 4.69) is 23.1 Å². The number of benzene rings is 2. The third-order valence-corrected chi connectivity index (χ3v) is 5.39. The van der Waals surface area contributed by atoms with Crippen molar-refractivity contribution in [3.63, 3.8) is 0 Å². The number of fused-ring (bicyclic) bond motifs is 1. The van der Waals surface area contributed by atoms with Gasteiger partial charge in [0.05, 0.1) is 12.2 Å². The first-order chi connectivity index (χ1) is 14.1. The van der Waals surface area contributed by atoms with Gasteiger partial charge in [0.25, 0.3) is 11.8 Å². The van der Waals surface area contributed by atoms with Gasteiger partial charge in [0.15, 0.2) is 6.61 Å². The molecular weight excluding hydrogens is 370 g/mol. The Kier molecular flexibility index (Phi) is 5.67. The summed E-state index contributed by atoms with van der Waals surface area (Å²) in [7, 11) is 0. The molecule has 0 atom stereocenters. The number of hydrogen-bond donors (Lipinski definition) is 1. The number of piperazine rings is 1. The summed E-state index contributed by atoms with van der Waals surface area (Å²) in [6, 6.07) is 13.1. The Hall–Kier alpha value is -3.06. The fourth-order valence-electron chi connectivity index (χ4n) is 3.78. The van der Waals surface area contributed by atoms with E-state index in [-0.39, 0.29) is 18.1 Å². The molecule has 2 N–H and O–H groups in total. The van der Waals surface area contributed by atoms with E-state index >= 15 is 0 Å². The molecule has 2 aromatic carbocycles. The molecule has 7 heteroatoms. The van der Waals surface area contributed by atoms with Crippen LogP contribution in [0.5, 0.6) is 11.5 Å². The van der Waals surface area contributed by atoms with Crippen LogP contribution < -0.4 is 15.2 Å². The second kappa shape index (κ2) is 8.53. The summed E-state index contributed by atoms with van der Waals surface area (Å²) in [4.78, 5) is 28.1. The summed E-state index contributed by atoms with van der Waals surface area (Å²) in [5.41, 5.74) is 8.19. The number of rotatable bonds is 6. The van der Waals surface area contributed by atoms with Gasteiger partial charge in [-0.15, -0.1) is 0 Å². The quantitative estimate of drug-likeness (QED) is 0.800. The molecule has 2 aliphatic heterocycles. The van der Waals surface area contributed by atoms with E-state index in [4.69, 9.17) is 15.2 Å². The van der Waals surface area contributed by atoms with Crippen molar-refractivity contribution in [2.75, 3.05) is 39.4 Å². The van der Waals surface area contributed by atoms with E-state index in [1.54, 1.807) is 29.2 Å². The maximum absolute atomic E-state index is 12.5. The second-order valence-corrected chi connectivity index (χ2v) is 7.35. The maximum atomic E-state index is 12.5. The fraction of sp³-hybridized carbons (Fsp3) is 0.364. The lowest BCUT2D eigenvalue weighted by atomic mass is 10.1. The first-order valence-electron chi connectivity index (χ1n) is 9.86. The molecule has 0 saturated carbocycles. The van der Waals surface area contributed by atoms with E-state index in [1.807, 2.05) is 0 Å². The zero-order valence-electron chi connectivity index (χ0n) is 16.3. The highest BCUT2D eigenvalue weighted by atomic mass is 16.5. The summed E-state index contributed by atoms with van der Waals surface area (Å²) >= 11 is 0. The molecule has 0 aromatic heterocycles. The standard InChI is InChI=1S/C22H25N3O4/c23-22(27)18-3-1-2-4-20(18)29-15-21(26)25-10-8-24(9-11-25)14-16-5-6-19-17(13-16)7-12-28-19/h1-6,13H,7-12,14-15H2,(H2,23,27). The van der Waals surface area contributed by atoms with E-state index in [0.717, 1.165) is 38.4 Å². The minimum absolute atomic E-state index is 0.0846. The first kappa shape index (κ1) is 19.3. The smallest absolute Gasteiger partial charge is 0.260 e. The number of nitrogens with zero attached hydrogens (tertiary/aromatic N) is 2. The van der Waals surface area contributed by atoms with Crippen molar-refractivity contribution in [1.82, 2.24) is 9.80 Å². The van der Waals surface area contributed by atoms with Crippen LogP contribution in [-0.4, -0.2) is 61.0 Å². The van der Waals surface area contributed by atoms with Crippen LogP contribution in [0, 0.1) is 0 Å². The molecule has 1 fully saturated rings. The lowest BCUT2D eigenvalue weighted by molar-refractivity contribution is -0.135. The van der Waals surface area contributed by atoms with Crippen LogP contribution in [0.3, 0.4) is 0 Å². The second-order valence-electron chi connectivity index (χ2n) is 7.35. The van der Waals surface area contributed by atoms with Crippen molar-refractivity contribution in [3.05, 3.63) is 59.2 Å². The Morgan fingerprint density at radius 2 is 1.86 bits per heavy atom. The van der Waals surface area contributed by atoms with Gasteiger partial charge in [0, 0.05) is 39.1 Å². The van der Waals surface area contributed by atoms with Crippen LogP contribution in [0.2, 0.25) is 0 Å². The molecule has 152 valence electrons. The molecule has 2 aliphatic rings. The lowest BCUT2D eigenvalue weighted by Gasteiger charge is -2.34. The van der Waals surface area contributed by atoms with Crippen LogP contribution in [-0.2, 0) is 17.8 Å². The predicted octanol–water partition coefficient (Wildman–Crippen LogP) is 1.44. The largest absolute Gasteiger partial charge is 0.493 e. The molecular formula is C22H25N3O4. The molecule has 4 rings (SSSR count). The fourth-order valence-corrected chi connectivity index (χ4v) is 3.78. The minimum atomic E-state index is -0.570. The molecule has 2 amide bonds. The highest BCUT2D eigenvalue weighted by Gasteiger charge is 2.22. The SMILES string of the molecule is NC(=O)c1ccccc1OCC(=O)N1CCN(Cc2ccc3c(c2)CCO3)CC1. The monoisotopic (exact) mass is 395 g/mol. The van der Waals surface area contributed by atoms with Gasteiger partial charge in [-0.05, 0) is 29.3 Å². The molecule has 0 spiro atoms. The summed E-state index contributed by atoms with van der Waals surface area (Å²) in [6.07, 6.45) is 0.977. The summed E-state index contributed by atoms with van der Waals surface area (Å²) in [6.45, 7) is 4.49. The zero-order chi connectivity index (χ0) is 20.2. The topological polar surface area (TPSA) is 85.1 Å². The van der Waals surface area contributed by atoms with Gasteiger partial charge in [0.1, 0.15) is 11.5 Å². The minimum Gasteiger partial charge on any atom is -0.493 e. The Bertz CT molecular complexity index is 907. The van der Waals surface area contributed by atoms with Crippen molar-refractivity contribution in [2.45, 2.75) is 13.0 Å². The van der Waals surface area contributed by atoms with Crippen LogP contribution >= 0.6 is 0 Å². The van der Waals surface area contributed by atoms with Crippen LogP contribution in [0.25, 0.3) is 0 Å². The van der Waals surface area contributed by atoms with E-state index in [0.29, 0.717) is 18.8 Å². The van der Waals surface area contributed by atoms with Gasteiger partial charge in [-0.2, -0.15) is 0 Å². The van der Waals surface area contributed by atoms with Crippen LogP contribution in [0.4, 0.5) is 0 Å². The molecule has 0 aliphatic carbocycles. The van der Waals surface area contributed by atoms with Crippen LogP contribution in [0.1, 0.15) is 21.5 Å². The number of carbonyl (C=O) groups excluding carboxylic acids is 2. The molecule has 0 bridgehead atoms. The highest BCUT2D eigenvalue weighted by Crippen LogP contribution is 2.26. The molecule has 2 aromatic rings. The zero-order valence-corrected chi connectivity index (χ0v) is 16.3. The van der Waals surface area contributed by atoms with E-state index in [1.165, 1.54) is 11.1 Å². The number of para-hydroxylation sites is 1. The Morgan fingerprint density at radius 3 is 2.66 bits per heavy atom. The molecule has 1 saturated heterocycles.